The summed E-state index contributed by atoms with van der Waals surface area (Å²) in [5.74, 6) is -2.04. The van der Waals surface area contributed by atoms with Gasteiger partial charge in [-0.1, -0.05) is 41.4 Å². The first-order valence-electron chi connectivity index (χ1n) is 12.5. The summed E-state index contributed by atoms with van der Waals surface area (Å²) in [6, 6.07) is 9.31. The summed E-state index contributed by atoms with van der Waals surface area (Å²) in [6.45, 7) is 0.442. The van der Waals surface area contributed by atoms with E-state index >= 15 is 0 Å². The maximum absolute atomic E-state index is 12.8. The maximum atomic E-state index is 12.8. The van der Waals surface area contributed by atoms with Gasteiger partial charge >= 0.3 is 5.97 Å². The van der Waals surface area contributed by atoms with E-state index in [1.54, 1.807) is 48.4 Å². The van der Waals surface area contributed by atoms with Crippen molar-refractivity contribution in [3.63, 3.8) is 0 Å². The van der Waals surface area contributed by atoms with E-state index in [0.717, 1.165) is 10.5 Å². The Bertz CT molecular complexity index is 1260. The van der Waals surface area contributed by atoms with Gasteiger partial charge in [0, 0.05) is 36.5 Å². The second-order valence-electron chi connectivity index (χ2n) is 9.15. The largest absolute Gasteiger partial charge is 0.497 e. The van der Waals surface area contributed by atoms with E-state index in [0.29, 0.717) is 47.3 Å². The van der Waals surface area contributed by atoms with Gasteiger partial charge in [-0.3, -0.25) is 14.4 Å². The normalized spacial score (nSPS) is 14.6. The third-order valence-corrected chi connectivity index (χ3v) is 8.31. The van der Waals surface area contributed by atoms with Gasteiger partial charge in [-0.15, -0.1) is 11.8 Å². The molecule has 1 fully saturated rings. The lowest BCUT2D eigenvalue weighted by Gasteiger charge is -2.31. The summed E-state index contributed by atoms with van der Waals surface area (Å²) in [5.41, 5.74) is 1.37. The van der Waals surface area contributed by atoms with E-state index in [2.05, 4.69) is 10.6 Å². The Morgan fingerprint density at radius 3 is 2.38 bits per heavy atom. The number of methoxy groups -OCH3 is 1. The van der Waals surface area contributed by atoms with Crippen molar-refractivity contribution < 1.29 is 29.0 Å². The lowest BCUT2D eigenvalue weighted by atomic mass is 9.95. The monoisotopic (exact) mass is 607 g/mol. The number of ether oxygens (including phenoxy) is 1. The number of thioether (sulfide) groups is 1. The van der Waals surface area contributed by atoms with Crippen molar-refractivity contribution in [2.45, 2.75) is 30.2 Å². The van der Waals surface area contributed by atoms with Crippen LogP contribution in [0.15, 0.2) is 47.4 Å². The summed E-state index contributed by atoms with van der Waals surface area (Å²) in [4.78, 5) is 51.9. The first-order chi connectivity index (χ1) is 19.1. The molecule has 2 aromatic rings. The van der Waals surface area contributed by atoms with E-state index in [-0.39, 0.29) is 24.8 Å². The summed E-state index contributed by atoms with van der Waals surface area (Å²) < 4.78 is 5.09. The van der Waals surface area contributed by atoms with Crippen molar-refractivity contribution >= 4 is 64.7 Å². The fourth-order valence-corrected chi connectivity index (χ4v) is 5.33. The Kier molecular flexibility index (Phi) is 11.7. The van der Waals surface area contributed by atoms with Crippen LogP contribution >= 0.6 is 35.0 Å². The van der Waals surface area contributed by atoms with E-state index in [1.807, 2.05) is 12.3 Å². The molecule has 0 bridgehead atoms. The number of halogens is 2. The summed E-state index contributed by atoms with van der Waals surface area (Å²) in [6.07, 6.45) is 5.76. The lowest BCUT2D eigenvalue weighted by Crippen LogP contribution is -2.51. The molecule has 2 aromatic carbocycles. The number of carbonyl (C=O) groups is 4. The molecular formula is C28H31Cl2N3O6S. The Balaban J connectivity index is 1.46. The van der Waals surface area contributed by atoms with Crippen LogP contribution in [0.25, 0.3) is 6.08 Å². The third-order valence-electron chi connectivity index (χ3n) is 6.52. The molecule has 1 heterocycles. The van der Waals surface area contributed by atoms with E-state index in [9.17, 15) is 24.3 Å². The molecule has 0 spiro atoms. The minimum Gasteiger partial charge on any atom is -0.497 e. The number of amides is 3. The van der Waals surface area contributed by atoms with E-state index in [4.69, 9.17) is 27.9 Å². The number of nitrogens with zero attached hydrogens (tertiary/aromatic N) is 1. The molecular weight excluding hydrogens is 577 g/mol. The minimum absolute atomic E-state index is 0.0631. The quantitative estimate of drug-likeness (QED) is 0.261. The minimum atomic E-state index is -1.27. The highest BCUT2D eigenvalue weighted by Crippen LogP contribution is 2.35. The molecule has 0 unspecified atom stereocenters. The molecule has 1 saturated heterocycles. The molecule has 12 heteroatoms. The van der Waals surface area contributed by atoms with E-state index < -0.39 is 23.8 Å². The summed E-state index contributed by atoms with van der Waals surface area (Å²) in [5, 5.41) is 15.4. The first-order valence-corrected chi connectivity index (χ1v) is 14.5. The first kappa shape index (κ1) is 31.3. The number of piperidine rings is 1. The Morgan fingerprint density at radius 2 is 1.77 bits per heavy atom. The summed E-state index contributed by atoms with van der Waals surface area (Å²) in [7, 11) is 1.55. The summed E-state index contributed by atoms with van der Waals surface area (Å²) >= 11 is 14.1. The van der Waals surface area contributed by atoms with Gasteiger partial charge in [-0.05, 0) is 54.5 Å². The number of benzene rings is 2. The zero-order valence-electron chi connectivity index (χ0n) is 22.1. The molecule has 3 N–H and O–H groups in total. The van der Waals surface area contributed by atoms with Crippen molar-refractivity contribution in [1.82, 2.24) is 15.5 Å². The van der Waals surface area contributed by atoms with Gasteiger partial charge < -0.3 is 25.4 Å². The molecule has 1 aliphatic heterocycles. The zero-order valence-corrected chi connectivity index (χ0v) is 24.4. The van der Waals surface area contributed by atoms with Gasteiger partial charge in [0.1, 0.15) is 11.8 Å². The second kappa shape index (κ2) is 15.0. The van der Waals surface area contributed by atoms with Crippen LogP contribution in [0, 0.1) is 5.92 Å². The zero-order chi connectivity index (χ0) is 29.2. The van der Waals surface area contributed by atoms with Crippen LogP contribution in [-0.4, -0.2) is 72.7 Å². The standard InChI is InChI=1S/C28H31Cl2N3O6S/c1-39-20-7-3-17(4-8-20)15-23(34)31-16-21(28(37)38)32-27(36)19-11-13-33(14-12-19)24(35)10-6-18-5-9-22(40-2)26(30)25(18)29/h3-10,19,21H,11-16H2,1-2H3,(H,31,34)(H,32,36)(H,37,38)/t21-/m0/s1. The Hall–Kier alpha value is -3.21. The molecule has 0 aromatic heterocycles. The maximum Gasteiger partial charge on any atom is 0.328 e. The Morgan fingerprint density at radius 1 is 1.10 bits per heavy atom. The molecule has 0 radical (unpaired) electrons. The molecule has 214 valence electrons. The van der Waals surface area contributed by atoms with Gasteiger partial charge in [0.25, 0.3) is 0 Å². The number of likely N-dealkylation sites (tertiary alicyclic amines) is 1. The molecule has 40 heavy (non-hydrogen) atoms. The van der Waals surface area contributed by atoms with Crippen LogP contribution < -0.4 is 15.4 Å². The highest BCUT2D eigenvalue weighted by atomic mass is 35.5. The molecule has 1 aliphatic rings. The van der Waals surface area contributed by atoms with Crippen LogP contribution in [-0.2, 0) is 25.6 Å². The van der Waals surface area contributed by atoms with Gasteiger partial charge in [0.05, 0.1) is 23.6 Å². The molecule has 3 rings (SSSR count). The number of rotatable bonds is 11. The van der Waals surface area contributed by atoms with Crippen molar-refractivity contribution in [1.29, 1.82) is 0 Å². The predicted molar refractivity (Wildman–Crippen MR) is 156 cm³/mol. The van der Waals surface area contributed by atoms with Gasteiger partial charge in [-0.25, -0.2) is 4.79 Å². The van der Waals surface area contributed by atoms with Gasteiger partial charge in [0.2, 0.25) is 17.7 Å². The SMILES string of the molecule is COc1ccc(CC(=O)NC[C@H](NC(=O)C2CCN(C(=O)C=Cc3ccc(SC)c(Cl)c3Cl)CC2)C(=O)O)cc1. The molecule has 9 nitrogen and oxygen atoms in total. The number of carboxylic acids is 1. The van der Waals surface area contributed by atoms with Crippen LogP contribution in [0.3, 0.4) is 0 Å². The molecule has 0 aliphatic carbocycles. The number of hydrogen-bond acceptors (Lipinski definition) is 6. The highest BCUT2D eigenvalue weighted by molar-refractivity contribution is 7.98. The van der Waals surface area contributed by atoms with Crippen LogP contribution in [0.5, 0.6) is 5.75 Å². The molecule has 1 atom stereocenters. The van der Waals surface area contributed by atoms with Gasteiger partial charge in [-0.2, -0.15) is 0 Å². The highest BCUT2D eigenvalue weighted by Gasteiger charge is 2.30. The van der Waals surface area contributed by atoms with Crippen molar-refractivity contribution in [2.75, 3.05) is 33.0 Å². The fourth-order valence-electron chi connectivity index (χ4n) is 4.16. The average Bonchev–Trinajstić information content (AvgIpc) is 2.96. The van der Waals surface area contributed by atoms with E-state index in [1.165, 1.54) is 17.8 Å². The fraction of sp³-hybridized carbons (Fsp3) is 0.357. The number of hydrogen-bond donors (Lipinski definition) is 3. The number of nitrogens with one attached hydrogen (secondary N) is 2. The van der Waals surface area contributed by atoms with Crippen molar-refractivity contribution in [2.24, 2.45) is 5.92 Å². The van der Waals surface area contributed by atoms with Crippen molar-refractivity contribution in [3.8, 4) is 5.75 Å². The smallest absolute Gasteiger partial charge is 0.328 e. The number of aliphatic carboxylic acids is 1. The third kappa shape index (κ3) is 8.64. The Labute approximate surface area is 247 Å². The molecule has 3 amide bonds. The van der Waals surface area contributed by atoms with Gasteiger partial charge in [0.15, 0.2) is 0 Å². The van der Waals surface area contributed by atoms with Crippen LogP contribution in [0.4, 0.5) is 0 Å². The van der Waals surface area contributed by atoms with Crippen LogP contribution in [0.1, 0.15) is 24.0 Å². The number of carbonyl (C=O) groups excluding carboxylic acids is 3. The van der Waals surface area contributed by atoms with Crippen LogP contribution in [0.2, 0.25) is 10.0 Å². The lowest BCUT2D eigenvalue weighted by molar-refractivity contribution is -0.142. The average molecular weight is 609 g/mol. The predicted octanol–water partition coefficient (Wildman–Crippen LogP) is 3.90. The molecule has 0 saturated carbocycles. The number of carboxylic acid groups (broad SMARTS) is 1. The topological polar surface area (TPSA) is 125 Å². The van der Waals surface area contributed by atoms with Crippen molar-refractivity contribution in [3.05, 3.63) is 63.6 Å². The second-order valence-corrected chi connectivity index (χ2v) is 10.8.